The third-order valence-electron chi connectivity index (χ3n) is 10.6. The smallest absolute Gasteiger partial charge is 0.335 e. The van der Waals surface area contributed by atoms with Gasteiger partial charge in [0.05, 0.1) is 27.7 Å². The van der Waals surface area contributed by atoms with Crippen LogP contribution in [0.4, 0.5) is 0 Å². The summed E-state index contributed by atoms with van der Waals surface area (Å²) in [6, 6.07) is 26.9. The highest BCUT2D eigenvalue weighted by molar-refractivity contribution is 7.24. The van der Waals surface area contributed by atoms with Crippen molar-refractivity contribution in [3.8, 4) is 14.8 Å². The Hall–Kier alpha value is -4.98. The number of aromatic nitrogens is 1. The molecule has 53 heavy (non-hydrogen) atoms. The minimum absolute atomic E-state index is 0.0270. The molecule has 0 aliphatic heterocycles. The summed E-state index contributed by atoms with van der Waals surface area (Å²) >= 11 is 3.20. The van der Waals surface area contributed by atoms with E-state index in [1.807, 2.05) is 32.9 Å². The fourth-order valence-electron chi connectivity index (χ4n) is 7.12. The average molecular weight is 740 g/mol. The van der Waals surface area contributed by atoms with Crippen LogP contribution in [-0.4, -0.2) is 26.5 Å². The first kappa shape index (κ1) is 36.4. The van der Waals surface area contributed by atoms with Crippen LogP contribution in [-0.2, 0) is 21.0 Å². The Morgan fingerprint density at radius 1 is 0.736 bits per heavy atom. The number of carboxylic acids is 1. The summed E-state index contributed by atoms with van der Waals surface area (Å²) in [6.07, 6.45) is 1.63. The number of benzene rings is 3. The summed E-state index contributed by atoms with van der Waals surface area (Å²) in [5, 5.41) is 24.3. The molecule has 0 saturated carbocycles. The van der Waals surface area contributed by atoms with Gasteiger partial charge in [-0.05, 0) is 112 Å². The summed E-state index contributed by atoms with van der Waals surface area (Å²) in [5.41, 5.74) is 7.37. The number of carboxylic acid groups (broad SMARTS) is 1. The Bertz CT molecular complexity index is 2520. The van der Waals surface area contributed by atoms with E-state index in [0.29, 0.717) is 16.0 Å². The van der Waals surface area contributed by atoms with Crippen molar-refractivity contribution in [3.63, 3.8) is 0 Å². The fraction of sp³-hybridized carbons (Fsp3) is 0.261. The molecule has 7 heteroatoms. The van der Waals surface area contributed by atoms with Crippen LogP contribution in [0.2, 0.25) is 0 Å². The first-order chi connectivity index (χ1) is 24.8. The van der Waals surface area contributed by atoms with Gasteiger partial charge in [0, 0.05) is 30.8 Å². The van der Waals surface area contributed by atoms with Crippen LogP contribution in [0.25, 0.3) is 42.1 Å². The van der Waals surface area contributed by atoms with Crippen molar-refractivity contribution < 1.29 is 19.8 Å². The molecular formula is C46H45NO4S2. The molecular weight excluding hydrogens is 695 g/mol. The van der Waals surface area contributed by atoms with Crippen molar-refractivity contribution in [1.82, 2.24) is 4.57 Å². The van der Waals surface area contributed by atoms with Crippen LogP contribution < -0.4 is 0 Å². The van der Waals surface area contributed by atoms with E-state index in [1.54, 1.807) is 35.6 Å². The van der Waals surface area contributed by atoms with E-state index < -0.39 is 11.4 Å². The number of fused-ring (bicyclic) bond motifs is 3. The number of aryl methyl sites for hydroxylation is 1. The molecule has 3 aromatic heterocycles. The van der Waals surface area contributed by atoms with Crippen LogP contribution in [0.3, 0.4) is 0 Å². The monoisotopic (exact) mass is 739 g/mol. The highest BCUT2D eigenvalue weighted by atomic mass is 32.1. The van der Waals surface area contributed by atoms with Crippen LogP contribution in [0.15, 0.2) is 108 Å². The summed E-state index contributed by atoms with van der Waals surface area (Å²) < 4.78 is 2.36. The highest BCUT2D eigenvalue weighted by Crippen LogP contribution is 2.46. The van der Waals surface area contributed by atoms with Crippen molar-refractivity contribution in [2.24, 2.45) is 0 Å². The van der Waals surface area contributed by atoms with Gasteiger partial charge >= 0.3 is 5.97 Å². The summed E-state index contributed by atoms with van der Waals surface area (Å²) in [7, 11) is 0. The lowest BCUT2D eigenvalue weighted by Gasteiger charge is -2.30. The molecule has 5 nitrogen and oxygen atoms in total. The quantitative estimate of drug-likeness (QED) is 0.160. The molecule has 1 aliphatic rings. The van der Waals surface area contributed by atoms with Gasteiger partial charge in [-0.15, -0.1) is 22.7 Å². The molecule has 0 bridgehead atoms. The molecule has 0 fully saturated rings. The van der Waals surface area contributed by atoms with Crippen LogP contribution in [0, 0.1) is 6.92 Å². The number of Topliss-reactive ketones (excluding diaryl/α,β-unsaturated/α-hetero) is 1. The van der Waals surface area contributed by atoms with E-state index in [-0.39, 0.29) is 33.5 Å². The molecule has 1 aliphatic carbocycles. The molecule has 0 atom stereocenters. The van der Waals surface area contributed by atoms with Gasteiger partial charge in [-0.1, -0.05) is 80.2 Å². The third kappa shape index (κ3) is 6.20. The predicted molar refractivity (Wildman–Crippen MR) is 222 cm³/mol. The van der Waals surface area contributed by atoms with E-state index in [1.165, 1.54) is 44.3 Å². The van der Waals surface area contributed by atoms with E-state index in [2.05, 4.69) is 101 Å². The molecule has 0 spiro atoms. The Kier molecular flexibility index (Phi) is 8.63. The number of ketones is 1. The maximum absolute atomic E-state index is 13.5. The highest BCUT2D eigenvalue weighted by Gasteiger charge is 2.37. The van der Waals surface area contributed by atoms with Crippen molar-refractivity contribution in [1.29, 1.82) is 0 Å². The normalized spacial score (nSPS) is 14.8. The second kappa shape index (κ2) is 12.6. The number of aliphatic hydroxyl groups is 1. The SMILES string of the molecule is C=C(/C=C1/C(=O)C(c2ccc(-c3ccc(-n4c5ccc(C(C)(C)C)cc5c5cc(C(C)(C)C)ccc54)s3)s2)=C1O)C(C)(C)c1cc(C(=O)O)ccc1C. The molecule has 3 heterocycles. The van der Waals surface area contributed by atoms with Gasteiger partial charge in [0.15, 0.2) is 0 Å². The van der Waals surface area contributed by atoms with Crippen LogP contribution in [0.5, 0.6) is 0 Å². The number of hydrogen-bond acceptors (Lipinski definition) is 5. The third-order valence-corrected chi connectivity index (χ3v) is 13.0. The topological polar surface area (TPSA) is 79.5 Å². The maximum Gasteiger partial charge on any atom is 0.335 e. The van der Waals surface area contributed by atoms with E-state index in [0.717, 1.165) is 25.9 Å². The molecule has 0 saturated heterocycles. The number of nitrogens with zero attached hydrogens (tertiary/aromatic N) is 1. The molecule has 0 radical (unpaired) electrons. The zero-order valence-electron chi connectivity index (χ0n) is 31.8. The Morgan fingerprint density at radius 3 is 1.83 bits per heavy atom. The van der Waals surface area contributed by atoms with E-state index in [9.17, 15) is 19.8 Å². The second-order valence-electron chi connectivity index (χ2n) is 16.7. The molecule has 6 aromatic rings. The van der Waals surface area contributed by atoms with Gasteiger partial charge in [-0.2, -0.15) is 0 Å². The Labute approximate surface area is 319 Å². The van der Waals surface area contributed by atoms with E-state index in [4.69, 9.17) is 0 Å². The Morgan fingerprint density at radius 2 is 1.28 bits per heavy atom. The first-order valence-corrected chi connectivity index (χ1v) is 19.4. The number of thiophene rings is 2. The minimum atomic E-state index is -1.00. The molecule has 0 amide bonds. The largest absolute Gasteiger partial charge is 0.506 e. The van der Waals surface area contributed by atoms with Crippen molar-refractivity contribution in [3.05, 3.63) is 141 Å². The number of rotatable bonds is 7. The zero-order valence-corrected chi connectivity index (χ0v) is 33.4. The molecule has 0 unspecified atom stereocenters. The van der Waals surface area contributed by atoms with Crippen LogP contribution in [0.1, 0.15) is 92.9 Å². The molecule has 7 rings (SSSR count). The summed E-state index contributed by atoms with van der Waals surface area (Å²) in [6.45, 7) is 23.6. The average Bonchev–Trinajstić information content (AvgIpc) is 3.83. The first-order valence-electron chi connectivity index (χ1n) is 17.8. The number of hydrogen-bond donors (Lipinski definition) is 2. The fourth-order valence-corrected chi connectivity index (χ4v) is 9.29. The van der Waals surface area contributed by atoms with Gasteiger partial charge in [0.2, 0.25) is 5.78 Å². The predicted octanol–water partition coefficient (Wildman–Crippen LogP) is 12.5. The molecule has 3 aromatic carbocycles. The van der Waals surface area contributed by atoms with Crippen molar-refractivity contribution in [2.45, 2.75) is 78.6 Å². The van der Waals surface area contributed by atoms with Gasteiger partial charge < -0.3 is 14.8 Å². The van der Waals surface area contributed by atoms with Gasteiger partial charge in [-0.3, -0.25) is 4.79 Å². The van der Waals surface area contributed by atoms with Crippen LogP contribution >= 0.6 is 22.7 Å². The van der Waals surface area contributed by atoms with Gasteiger partial charge in [0.1, 0.15) is 10.8 Å². The summed E-state index contributed by atoms with van der Waals surface area (Å²) in [5.74, 6) is -1.28. The molecule has 270 valence electrons. The number of aliphatic hydroxyl groups excluding tert-OH is 1. The zero-order chi connectivity index (χ0) is 38.4. The lowest BCUT2D eigenvalue weighted by atomic mass is 9.74. The van der Waals surface area contributed by atoms with Gasteiger partial charge in [0.25, 0.3) is 0 Å². The molecule has 2 N–H and O–H groups in total. The van der Waals surface area contributed by atoms with Crippen molar-refractivity contribution >= 4 is 61.8 Å². The number of carbonyl (C=O) groups excluding carboxylic acids is 1. The standard InChI is InChI=1S/C46H45NO4S2/c1-25-11-12-27(43(50)51)22-33(25)46(9,10)26(2)21-32-41(48)40(42(32)49)38-18-17-36(52-38)37-19-20-39(53-37)47-34-15-13-28(44(3,4)5)23-30(34)31-24-29(45(6,7)8)14-16-35(31)47/h11-24,48H,2H2,1,3-10H3,(H,50,51)/b32-21+. The number of aromatic carboxylic acids is 1. The van der Waals surface area contributed by atoms with Gasteiger partial charge in [-0.25, -0.2) is 4.79 Å². The minimum Gasteiger partial charge on any atom is -0.506 e. The maximum atomic E-state index is 13.5. The van der Waals surface area contributed by atoms with Crippen molar-refractivity contribution in [2.75, 3.05) is 0 Å². The number of allylic oxidation sites excluding steroid dienone is 4. The van der Waals surface area contributed by atoms with E-state index >= 15 is 0 Å². The lowest BCUT2D eigenvalue weighted by molar-refractivity contribution is -0.111. The number of carbonyl (C=O) groups is 2. The lowest BCUT2D eigenvalue weighted by Crippen LogP contribution is -2.24. The second-order valence-corrected chi connectivity index (χ2v) is 18.8. The summed E-state index contributed by atoms with van der Waals surface area (Å²) in [4.78, 5) is 28.0. The Balaban J connectivity index is 1.21.